The lowest BCUT2D eigenvalue weighted by Gasteiger charge is -2.20. The van der Waals surface area contributed by atoms with Gasteiger partial charge in [0.2, 0.25) is 11.8 Å². The second kappa shape index (κ2) is 15.6. The molecule has 0 heterocycles. The minimum Gasteiger partial charge on any atom is -0.481 e. The molecule has 204 valence electrons. The minimum absolute atomic E-state index is 0.00583. The molecule has 38 heavy (non-hydrogen) atoms. The summed E-state index contributed by atoms with van der Waals surface area (Å²) in [4.78, 5) is 52.3. The largest absolute Gasteiger partial charge is 0.481 e. The molecule has 9 N–H and O–H groups in total. The van der Waals surface area contributed by atoms with Gasteiger partial charge in [-0.3, -0.25) is 24.2 Å². The van der Waals surface area contributed by atoms with E-state index in [9.17, 15) is 19.2 Å². The standard InChI is InChI=1S/C26H34N6O6/c27-20(12-13-23(35)38-19-10-8-17(9-11-19)15-22(33)34)24(36)32-21(7-4-14-30-26(28)29)25(37)31-16-18-5-2-1-3-6-18/h1-3,5-6,8-11,20-21H,4,7,12-16,27H2,(H,31,37)(H,32,36)(H,33,34)(H4,28,29,30)/t20-,21-/m0/s1. The van der Waals surface area contributed by atoms with Gasteiger partial charge in [-0.25, -0.2) is 0 Å². The summed E-state index contributed by atoms with van der Waals surface area (Å²) < 4.78 is 5.21. The van der Waals surface area contributed by atoms with Crippen molar-refractivity contribution in [3.8, 4) is 5.75 Å². The molecule has 0 spiro atoms. The molecule has 12 nitrogen and oxygen atoms in total. The number of nitrogens with two attached hydrogens (primary N) is 3. The molecule has 0 aromatic heterocycles. The van der Waals surface area contributed by atoms with E-state index in [1.807, 2.05) is 30.3 Å². The number of guanidine groups is 1. The Balaban J connectivity index is 1.87. The van der Waals surface area contributed by atoms with Crippen molar-refractivity contribution in [1.82, 2.24) is 10.6 Å². The Morgan fingerprint density at radius 3 is 2.24 bits per heavy atom. The SMILES string of the molecule is NC(N)=NCCC[C@H](NC(=O)[C@@H](N)CCC(=O)Oc1ccc(CC(=O)O)cc1)C(=O)NCc1ccccc1. The van der Waals surface area contributed by atoms with Gasteiger partial charge in [-0.1, -0.05) is 42.5 Å². The van der Waals surface area contributed by atoms with Gasteiger partial charge in [0.25, 0.3) is 0 Å². The number of aliphatic carboxylic acids is 1. The van der Waals surface area contributed by atoms with Gasteiger partial charge in [0.15, 0.2) is 5.96 Å². The van der Waals surface area contributed by atoms with E-state index in [4.69, 9.17) is 27.0 Å². The normalized spacial score (nSPS) is 12.0. The van der Waals surface area contributed by atoms with Crippen molar-refractivity contribution in [3.63, 3.8) is 0 Å². The number of ether oxygens (including phenoxy) is 1. The molecule has 2 rings (SSSR count). The molecule has 2 amide bonds. The molecule has 0 aliphatic heterocycles. The maximum Gasteiger partial charge on any atom is 0.311 e. The molecule has 2 aromatic rings. The Labute approximate surface area is 220 Å². The zero-order valence-corrected chi connectivity index (χ0v) is 21.0. The van der Waals surface area contributed by atoms with Gasteiger partial charge < -0.3 is 37.7 Å². The van der Waals surface area contributed by atoms with Gasteiger partial charge in [0.1, 0.15) is 11.8 Å². The fourth-order valence-corrected chi connectivity index (χ4v) is 3.40. The minimum atomic E-state index is -1.05. The van der Waals surface area contributed by atoms with Crippen LogP contribution < -0.4 is 32.6 Å². The topological polar surface area (TPSA) is 212 Å². The summed E-state index contributed by atoms with van der Waals surface area (Å²) in [7, 11) is 0. The summed E-state index contributed by atoms with van der Waals surface area (Å²) in [6, 6.07) is 13.5. The fraction of sp³-hybridized carbons (Fsp3) is 0.346. The van der Waals surface area contributed by atoms with Crippen LogP contribution in [-0.2, 0) is 32.1 Å². The predicted octanol–water partition coefficient (Wildman–Crippen LogP) is 0.181. The molecule has 0 unspecified atom stereocenters. The molecule has 2 aromatic carbocycles. The number of nitrogens with one attached hydrogen (secondary N) is 2. The van der Waals surface area contributed by atoms with Crippen molar-refractivity contribution in [2.75, 3.05) is 6.54 Å². The van der Waals surface area contributed by atoms with Crippen molar-refractivity contribution >= 4 is 29.7 Å². The first-order valence-electron chi connectivity index (χ1n) is 12.1. The first-order valence-corrected chi connectivity index (χ1v) is 12.1. The highest BCUT2D eigenvalue weighted by Crippen LogP contribution is 2.14. The van der Waals surface area contributed by atoms with Crippen molar-refractivity contribution < 1.29 is 29.0 Å². The third kappa shape index (κ3) is 11.5. The number of esters is 1. The summed E-state index contributed by atoms with van der Waals surface area (Å²) in [5.74, 6) is -2.36. The second-order valence-electron chi connectivity index (χ2n) is 8.55. The van der Waals surface area contributed by atoms with Crippen LogP contribution in [0, 0.1) is 0 Å². The molecule has 0 aliphatic rings. The Bertz CT molecular complexity index is 1100. The van der Waals surface area contributed by atoms with Gasteiger partial charge in [-0.2, -0.15) is 0 Å². The van der Waals surface area contributed by atoms with E-state index < -0.39 is 29.9 Å². The maximum absolute atomic E-state index is 12.8. The number of carboxylic acid groups (broad SMARTS) is 1. The quantitative estimate of drug-likeness (QED) is 0.0613. The van der Waals surface area contributed by atoms with Crippen LogP contribution in [0.5, 0.6) is 5.75 Å². The molecule has 2 atom stereocenters. The number of carbonyl (C=O) groups is 4. The lowest BCUT2D eigenvalue weighted by molar-refractivity contribution is -0.136. The average molecular weight is 527 g/mol. The zero-order valence-electron chi connectivity index (χ0n) is 21.0. The van der Waals surface area contributed by atoms with E-state index in [-0.39, 0.29) is 56.4 Å². The monoisotopic (exact) mass is 526 g/mol. The van der Waals surface area contributed by atoms with Crippen LogP contribution in [0.1, 0.15) is 36.8 Å². The van der Waals surface area contributed by atoms with Crippen LogP contribution in [0.25, 0.3) is 0 Å². The third-order valence-corrected chi connectivity index (χ3v) is 5.39. The number of hydrogen-bond donors (Lipinski definition) is 6. The van der Waals surface area contributed by atoms with Gasteiger partial charge in [-0.15, -0.1) is 0 Å². The average Bonchev–Trinajstić information content (AvgIpc) is 2.88. The molecule has 0 saturated heterocycles. The number of rotatable bonds is 15. The first kappa shape index (κ1) is 29.8. The van der Waals surface area contributed by atoms with Crippen LogP contribution in [0.15, 0.2) is 59.6 Å². The Kier molecular flexibility index (Phi) is 12.2. The Hall–Kier alpha value is -4.45. The summed E-state index contributed by atoms with van der Waals surface area (Å²) in [6.45, 7) is 0.574. The van der Waals surface area contributed by atoms with Crippen LogP contribution in [0.3, 0.4) is 0 Å². The highest BCUT2D eigenvalue weighted by Gasteiger charge is 2.24. The number of hydrogen-bond acceptors (Lipinski definition) is 7. The Morgan fingerprint density at radius 2 is 1.61 bits per heavy atom. The van der Waals surface area contributed by atoms with Crippen LogP contribution >= 0.6 is 0 Å². The number of nitrogens with zero attached hydrogens (tertiary/aromatic N) is 1. The van der Waals surface area contributed by atoms with Gasteiger partial charge in [0.05, 0.1) is 12.5 Å². The van der Waals surface area contributed by atoms with E-state index in [1.54, 1.807) is 12.1 Å². The summed E-state index contributed by atoms with van der Waals surface area (Å²) in [5, 5.41) is 14.3. The number of carbonyl (C=O) groups excluding carboxylic acids is 3. The van der Waals surface area contributed by atoms with Gasteiger partial charge in [-0.05, 0) is 42.5 Å². The van der Waals surface area contributed by atoms with Crippen LogP contribution in [0.2, 0.25) is 0 Å². The number of benzene rings is 2. The van der Waals surface area contributed by atoms with E-state index in [0.717, 1.165) is 5.56 Å². The molecule has 12 heteroatoms. The molecule has 0 saturated carbocycles. The maximum atomic E-state index is 12.8. The number of aliphatic imine (C=N–C) groups is 1. The van der Waals surface area contributed by atoms with Crippen molar-refractivity contribution in [3.05, 3.63) is 65.7 Å². The fourth-order valence-electron chi connectivity index (χ4n) is 3.40. The zero-order chi connectivity index (χ0) is 27.9. The molecular formula is C26H34N6O6. The number of carboxylic acids is 1. The third-order valence-electron chi connectivity index (χ3n) is 5.39. The van der Waals surface area contributed by atoms with E-state index in [0.29, 0.717) is 12.0 Å². The molecule has 0 aliphatic carbocycles. The summed E-state index contributed by atoms with van der Waals surface area (Å²) in [6.07, 6.45) is 0.427. The van der Waals surface area contributed by atoms with E-state index >= 15 is 0 Å². The van der Waals surface area contributed by atoms with Gasteiger partial charge in [0, 0.05) is 19.5 Å². The molecule has 0 radical (unpaired) electrons. The van der Waals surface area contributed by atoms with Crippen molar-refractivity contribution in [1.29, 1.82) is 0 Å². The number of amides is 2. The Morgan fingerprint density at radius 1 is 0.921 bits per heavy atom. The summed E-state index contributed by atoms with van der Waals surface area (Å²) in [5.41, 5.74) is 18.1. The van der Waals surface area contributed by atoms with E-state index in [2.05, 4.69) is 15.6 Å². The first-order chi connectivity index (χ1) is 18.1. The van der Waals surface area contributed by atoms with Gasteiger partial charge >= 0.3 is 11.9 Å². The molecule has 0 fully saturated rings. The highest BCUT2D eigenvalue weighted by atomic mass is 16.5. The highest BCUT2D eigenvalue weighted by molar-refractivity contribution is 5.90. The second-order valence-corrected chi connectivity index (χ2v) is 8.55. The summed E-state index contributed by atoms with van der Waals surface area (Å²) >= 11 is 0. The molecular weight excluding hydrogens is 492 g/mol. The van der Waals surface area contributed by atoms with Crippen molar-refractivity contribution in [2.24, 2.45) is 22.2 Å². The van der Waals surface area contributed by atoms with Crippen LogP contribution in [0.4, 0.5) is 0 Å². The molecule has 0 bridgehead atoms. The smallest absolute Gasteiger partial charge is 0.311 e. The van der Waals surface area contributed by atoms with Crippen LogP contribution in [-0.4, -0.2) is 53.4 Å². The lowest BCUT2D eigenvalue weighted by Crippen LogP contribution is -2.51. The van der Waals surface area contributed by atoms with E-state index in [1.165, 1.54) is 12.1 Å². The predicted molar refractivity (Wildman–Crippen MR) is 141 cm³/mol. The van der Waals surface area contributed by atoms with Crippen molar-refractivity contribution in [2.45, 2.75) is 50.7 Å². The lowest BCUT2D eigenvalue weighted by atomic mass is 10.1.